The van der Waals surface area contributed by atoms with Crippen LogP contribution < -0.4 is 10.2 Å². The molecule has 1 N–H and O–H groups in total. The second-order valence-electron chi connectivity index (χ2n) is 8.75. The Morgan fingerprint density at radius 3 is 2.26 bits per heavy atom. The SMILES string of the molecule is c1ccc2cc(CN3CCN(c4nc5ccccc5nc4NC4CC4)CC3)ccc2c1. The standard InChI is InChI=1S/C26H27N5/c1-2-6-21-17-19(9-10-20(21)5-1)18-30-13-15-31(16-14-30)26-25(27-22-11-12-22)28-23-7-3-4-8-24(23)29-26/h1-10,17,22H,11-16,18H2,(H,27,28). The summed E-state index contributed by atoms with van der Waals surface area (Å²) in [6.07, 6.45) is 2.46. The van der Waals surface area contributed by atoms with Gasteiger partial charge in [0.15, 0.2) is 11.6 Å². The molecule has 5 nitrogen and oxygen atoms in total. The number of benzene rings is 3. The lowest BCUT2D eigenvalue weighted by molar-refractivity contribution is 0.249. The third-order valence-electron chi connectivity index (χ3n) is 6.36. The molecular formula is C26H27N5. The molecule has 0 spiro atoms. The van der Waals surface area contributed by atoms with Crippen LogP contribution in [0.15, 0.2) is 66.7 Å². The molecule has 0 radical (unpaired) electrons. The predicted octanol–water partition coefficient (Wildman–Crippen LogP) is 4.68. The van der Waals surface area contributed by atoms with Gasteiger partial charge in [-0.2, -0.15) is 0 Å². The van der Waals surface area contributed by atoms with Crippen molar-refractivity contribution in [1.82, 2.24) is 14.9 Å². The van der Waals surface area contributed by atoms with Gasteiger partial charge in [-0.1, -0.05) is 48.5 Å². The van der Waals surface area contributed by atoms with Crippen LogP contribution in [0.4, 0.5) is 11.6 Å². The first-order chi connectivity index (χ1) is 15.3. The van der Waals surface area contributed by atoms with Crippen molar-refractivity contribution in [1.29, 1.82) is 0 Å². The number of anilines is 2. The Bertz CT molecular complexity index is 1220. The minimum atomic E-state index is 0.559. The third-order valence-corrected chi connectivity index (χ3v) is 6.36. The highest BCUT2D eigenvalue weighted by Crippen LogP contribution is 2.31. The zero-order chi connectivity index (χ0) is 20.6. The van der Waals surface area contributed by atoms with Crippen molar-refractivity contribution < 1.29 is 0 Å². The quantitative estimate of drug-likeness (QED) is 0.519. The number of piperazine rings is 1. The second-order valence-corrected chi connectivity index (χ2v) is 8.75. The van der Waals surface area contributed by atoms with Crippen LogP contribution in [0.3, 0.4) is 0 Å². The number of nitrogens with one attached hydrogen (secondary N) is 1. The van der Waals surface area contributed by atoms with Gasteiger partial charge in [0.2, 0.25) is 0 Å². The Hall–Kier alpha value is -3.18. The highest BCUT2D eigenvalue weighted by atomic mass is 15.3. The summed E-state index contributed by atoms with van der Waals surface area (Å²) in [4.78, 5) is 14.9. The van der Waals surface area contributed by atoms with E-state index in [0.717, 1.165) is 55.4 Å². The summed E-state index contributed by atoms with van der Waals surface area (Å²) in [6, 6.07) is 24.2. The molecule has 1 aliphatic carbocycles. The number of para-hydroxylation sites is 2. The molecule has 2 fully saturated rings. The molecule has 31 heavy (non-hydrogen) atoms. The number of rotatable bonds is 5. The fraction of sp³-hybridized carbons (Fsp3) is 0.308. The summed E-state index contributed by atoms with van der Waals surface area (Å²) in [5.41, 5.74) is 3.32. The lowest BCUT2D eigenvalue weighted by atomic mass is 10.1. The average molecular weight is 410 g/mol. The Balaban J connectivity index is 1.18. The minimum Gasteiger partial charge on any atom is -0.364 e. The molecule has 2 aliphatic rings. The molecule has 1 aromatic heterocycles. The maximum absolute atomic E-state index is 5.01. The molecule has 4 aromatic rings. The molecular weight excluding hydrogens is 382 g/mol. The zero-order valence-electron chi connectivity index (χ0n) is 17.7. The van der Waals surface area contributed by atoms with Crippen molar-refractivity contribution in [2.45, 2.75) is 25.4 Å². The highest BCUT2D eigenvalue weighted by molar-refractivity contribution is 5.83. The first-order valence-electron chi connectivity index (χ1n) is 11.3. The van der Waals surface area contributed by atoms with Crippen LogP contribution >= 0.6 is 0 Å². The van der Waals surface area contributed by atoms with Crippen LogP contribution in [-0.4, -0.2) is 47.1 Å². The lowest BCUT2D eigenvalue weighted by Crippen LogP contribution is -2.46. The maximum atomic E-state index is 5.01. The minimum absolute atomic E-state index is 0.559. The van der Waals surface area contributed by atoms with Gasteiger partial charge in [-0.3, -0.25) is 4.90 Å². The molecule has 2 heterocycles. The van der Waals surface area contributed by atoms with Crippen molar-refractivity contribution in [3.05, 3.63) is 72.3 Å². The normalized spacial score (nSPS) is 17.4. The van der Waals surface area contributed by atoms with Gasteiger partial charge >= 0.3 is 0 Å². The van der Waals surface area contributed by atoms with Gasteiger partial charge in [-0.15, -0.1) is 0 Å². The molecule has 156 valence electrons. The molecule has 1 aliphatic heterocycles. The molecule has 0 unspecified atom stereocenters. The van der Waals surface area contributed by atoms with Crippen molar-refractivity contribution in [3.8, 4) is 0 Å². The van der Waals surface area contributed by atoms with Crippen LogP contribution in [-0.2, 0) is 6.54 Å². The first-order valence-corrected chi connectivity index (χ1v) is 11.3. The number of hydrogen-bond acceptors (Lipinski definition) is 5. The third kappa shape index (κ3) is 3.93. The molecule has 0 amide bonds. The summed E-state index contributed by atoms with van der Waals surface area (Å²) < 4.78 is 0. The van der Waals surface area contributed by atoms with Gasteiger partial charge in [-0.05, 0) is 47.4 Å². The van der Waals surface area contributed by atoms with Crippen LogP contribution in [0.1, 0.15) is 18.4 Å². The van der Waals surface area contributed by atoms with Crippen molar-refractivity contribution in [2.75, 3.05) is 36.4 Å². The lowest BCUT2D eigenvalue weighted by Gasteiger charge is -2.36. The molecule has 0 atom stereocenters. The summed E-state index contributed by atoms with van der Waals surface area (Å²) in [7, 11) is 0. The van der Waals surface area contributed by atoms with Crippen LogP contribution in [0, 0.1) is 0 Å². The topological polar surface area (TPSA) is 44.3 Å². The summed E-state index contributed by atoms with van der Waals surface area (Å²) in [5.74, 6) is 1.96. The van der Waals surface area contributed by atoms with E-state index in [1.165, 1.54) is 29.2 Å². The van der Waals surface area contributed by atoms with Crippen LogP contribution in [0.5, 0.6) is 0 Å². The fourth-order valence-corrected chi connectivity index (χ4v) is 4.44. The van der Waals surface area contributed by atoms with E-state index in [1.807, 2.05) is 18.2 Å². The Kier molecular flexibility index (Phi) is 4.69. The first kappa shape index (κ1) is 18.6. The largest absolute Gasteiger partial charge is 0.364 e. The Morgan fingerprint density at radius 2 is 1.48 bits per heavy atom. The van der Waals surface area contributed by atoms with E-state index in [1.54, 1.807) is 0 Å². The Morgan fingerprint density at radius 1 is 0.774 bits per heavy atom. The van der Waals surface area contributed by atoms with Gasteiger partial charge in [-0.25, -0.2) is 9.97 Å². The van der Waals surface area contributed by atoms with Crippen LogP contribution in [0.2, 0.25) is 0 Å². The summed E-state index contributed by atoms with van der Waals surface area (Å²) in [5, 5.41) is 6.24. The fourth-order valence-electron chi connectivity index (χ4n) is 4.44. The van der Waals surface area contributed by atoms with Gasteiger partial charge < -0.3 is 10.2 Å². The molecule has 1 saturated heterocycles. The van der Waals surface area contributed by atoms with E-state index in [4.69, 9.17) is 9.97 Å². The number of nitrogens with zero attached hydrogens (tertiary/aromatic N) is 4. The summed E-state index contributed by atoms with van der Waals surface area (Å²) in [6.45, 7) is 5.00. The number of fused-ring (bicyclic) bond motifs is 2. The summed E-state index contributed by atoms with van der Waals surface area (Å²) >= 11 is 0. The molecule has 3 aromatic carbocycles. The van der Waals surface area contributed by atoms with E-state index in [2.05, 4.69) is 63.6 Å². The van der Waals surface area contributed by atoms with E-state index >= 15 is 0 Å². The van der Waals surface area contributed by atoms with E-state index in [-0.39, 0.29) is 0 Å². The van der Waals surface area contributed by atoms with Gasteiger partial charge in [0.05, 0.1) is 11.0 Å². The second kappa shape index (κ2) is 7.82. The average Bonchev–Trinajstić information content (AvgIpc) is 3.63. The monoisotopic (exact) mass is 409 g/mol. The predicted molar refractivity (Wildman–Crippen MR) is 128 cm³/mol. The molecule has 5 heteroatoms. The van der Waals surface area contributed by atoms with E-state index in [0.29, 0.717) is 6.04 Å². The van der Waals surface area contributed by atoms with Crippen molar-refractivity contribution in [3.63, 3.8) is 0 Å². The van der Waals surface area contributed by atoms with Gasteiger partial charge in [0, 0.05) is 38.8 Å². The number of hydrogen-bond donors (Lipinski definition) is 1. The van der Waals surface area contributed by atoms with Gasteiger partial charge in [0.1, 0.15) is 0 Å². The Labute approximate surface area is 182 Å². The maximum Gasteiger partial charge on any atom is 0.172 e. The van der Waals surface area contributed by atoms with E-state index in [9.17, 15) is 0 Å². The smallest absolute Gasteiger partial charge is 0.172 e. The van der Waals surface area contributed by atoms with E-state index < -0.39 is 0 Å². The number of aromatic nitrogens is 2. The highest BCUT2D eigenvalue weighted by Gasteiger charge is 2.26. The molecule has 1 saturated carbocycles. The molecule has 6 rings (SSSR count). The van der Waals surface area contributed by atoms with Crippen LogP contribution in [0.25, 0.3) is 21.8 Å². The van der Waals surface area contributed by atoms with Gasteiger partial charge in [0.25, 0.3) is 0 Å². The molecule has 0 bridgehead atoms. The zero-order valence-corrected chi connectivity index (χ0v) is 17.7. The van der Waals surface area contributed by atoms with Crippen molar-refractivity contribution in [2.24, 2.45) is 0 Å². The van der Waals surface area contributed by atoms with Crippen molar-refractivity contribution >= 4 is 33.4 Å².